The van der Waals surface area contributed by atoms with Crippen LogP contribution in [0.5, 0.6) is 0 Å². The molecule has 0 saturated heterocycles. The normalized spacial score (nSPS) is 11.7. The first-order chi connectivity index (χ1) is 7.07. The van der Waals surface area contributed by atoms with Crippen molar-refractivity contribution in [3.8, 4) is 5.95 Å². The monoisotopic (exact) mass is 214 g/mol. The Labute approximate surface area is 82.4 Å². The lowest BCUT2D eigenvalue weighted by atomic mass is 10.4. The molecule has 15 heavy (non-hydrogen) atoms. The number of alkyl halides is 3. The summed E-state index contributed by atoms with van der Waals surface area (Å²) >= 11 is 0. The number of hydrogen-bond donors (Lipinski definition) is 0. The highest BCUT2D eigenvalue weighted by atomic mass is 19.4. The molecule has 2 aromatic heterocycles. The molecule has 0 bridgehead atoms. The van der Waals surface area contributed by atoms with Gasteiger partial charge in [-0.05, 0) is 12.1 Å². The van der Waals surface area contributed by atoms with E-state index in [-0.39, 0.29) is 5.95 Å². The van der Waals surface area contributed by atoms with Gasteiger partial charge in [0.2, 0.25) is 0 Å². The third-order valence-electron chi connectivity index (χ3n) is 1.64. The molecule has 7 heteroatoms. The summed E-state index contributed by atoms with van der Waals surface area (Å²) in [6.07, 6.45) is -0.517. The van der Waals surface area contributed by atoms with Gasteiger partial charge >= 0.3 is 6.18 Å². The molecule has 0 aliphatic rings. The fourth-order valence-corrected chi connectivity index (χ4v) is 1.00. The van der Waals surface area contributed by atoms with Crippen LogP contribution in [0.15, 0.2) is 30.7 Å². The summed E-state index contributed by atoms with van der Waals surface area (Å²) in [4.78, 5) is 7.04. The first kappa shape index (κ1) is 9.63. The van der Waals surface area contributed by atoms with E-state index in [0.29, 0.717) is 0 Å². The van der Waals surface area contributed by atoms with E-state index in [2.05, 4.69) is 15.1 Å². The summed E-state index contributed by atoms with van der Waals surface area (Å²) in [5.41, 5.74) is -0.983. The van der Waals surface area contributed by atoms with Gasteiger partial charge in [0.25, 0.3) is 5.95 Å². The van der Waals surface area contributed by atoms with E-state index < -0.39 is 11.9 Å². The smallest absolute Gasteiger partial charge is 0.220 e. The van der Waals surface area contributed by atoms with Crippen molar-refractivity contribution in [2.75, 3.05) is 0 Å². The molecule has 4 nitrogen and oxygen atoms in total. The maximum Gasteiger partial charge on any atom is 0.433 e. The Bertz CT molecular complexity index is 449. The van der Waals surface area contributed by atoms with E-state index in [0.717, 1.165) is 16.9 Å². The number of halogens is 3. The van der Waals surface area contributed by atoms with Crippen LogP contribution in [-0.2, 0) is 6.18 Å². The second-order valence-corrected chi connectivity index (χ2v) is 2.69. The Morgan fingerprint density at radius 1 is 1.20 bits per heavy atom. The van der Waals surface area contributed by atoms with Crippen LogP contribution >= 0.6 is 0 Å². The van der Waals surface area contributed by atoms with Crippen LogP contribution in [0.3, 0.4) is 0 Å². The minimum absolute atomic E-state index is 0.102. The third-order valence-corrected chi connectivity index (χ3v) is 1.64. The summed E-state index contributed by atoms with van der Waals surface area (Å²) in [6, 6.07) is 2.39. The van der Waals surface area contributed by atoms with E-state index in [1.807, 2.05) is 0 Å². The van der Waals surface area contributed by atoms with Gasteiger partial charge in [-0.1, -0.05) is 0 Å². The van der Waals surface area contributed by atoms with Crippen molar-refractivity contribution in [1.29, 1.82) is 0 Å². The van der Waals surface area contributed by atoms with Crippen LogP contribution < -0.4 is 0 Å². The van der Waals surface area contributed by atoms with Crippen LogP contribution in [0, 0.1) is 0 Å². The molecule has 0 N–H and O–H groups in total. The molecule has 2 heterocycles. The zero-order valence-corrected chi connectivity index (χ0v) is 7.31. The number of nitrogens with zero attached hydrogens (tertiary/aromatic N) is 4. The van der Waals surface area contributed by atoms with E-state index in [9.17, 15) is 13.2 Å². The number of hydrogen-bond acceptors (Lipinski definition) is 3. The molecule has 2 aromatic rings. The highest BCUT2D eigenvalue weighted by Gasteiger charge is 2.32. The maximum atomic E-state index is 12.3. The van der Waals surface area contributed by atoms with Gasteiger partial charge in [-0.3, -0.25) is 0 Å². The molecule has 0 unspecified atom stereocenters. The molecule has 0 aliphatic carbocycles. The average Bonchev–Trinajstić information content (AvgIpc) is 2.69. The van der Waals surface area contributed by atoms with Gasteiger partial charge < -0.3 is 0 Å². The van der Waals surface area contributed by atoms with Crippen LogP contribution in [0.25, 0.3) is 5.95 Å². The van der Waals surface area contributed by atoms with Crippen LogP contribution in [0.1, 0.15) is 5.69 Å². The molecule has 0 aromatic carbocycles. The fourth-order valence-electron chi connectivity index (χ4n) is 1.00. The van der Waals surface area contributed by atoms with Gasteiger partial charge in [-0.2, -0.15) is 18.3 Å². The quantitative estimate of drug-likeness (QED) is 0.725. The summed E-state index contributed by atoms with van der Waals surface area (Å²) in [5.74, 6) is -0.102. The van der Waals surface area contributed by atoms with Gasteiger partial charge in [0.05, 0.1) is 0 Å². The standard InChI is InChI=1S/C8H5F3N4/c9-8(10,11)6-2-4-12-7(14-6)15-5-1-3-13-15/h1-5H. The summed E-state index contributed by atoms with van der Waals surface area (Å²) < 4.78 is 38.0. The average molecular weight is 214 g/mol. The fraction of sp³-hybridized carbons (Fsp3) is 0.125. The van der Waals surface area contributed by atoms with Gasteiger partial charge in [0, 0.05) is 18.6 Å². The Kier molecular flexibility index (Phi) is 2.14. The SMILES string of the molecule is FC(F)(F)c1ccnc(-n2cccn2)n1. The first-order valence-corrected chi connectivity index (χ1v) is 3.97. The third kappa shape index (κ3) is 1.95. The topological polar surface area (TPSA) is 43.6 Å². The number of aromatic nitrogens is 4. The Morgan fingerprint density at radius 3 is 2.60 bits per heavy atom. The maximum absolute atomic E-state index is 12.3. The lowest BCUT2D eigenvalue weighted by molar-refractivity contribution is -0.141. The van der Waals surface area contributed by atoms with Gasteiger partial charge in [-0.25, -0.2) is 14.6 Å². The lowest BCUT2D eigenvalue weighted by Crippen LogP contribution is -2.11. The van der Waals surface area contributed by atoms with Crippen LogP contribution in [0.4, 0.5) is 13.2 Å². The second-order valence-electron chi connectivity index (χ2n) is 2.69. The molecule has 0 saturated carbocycles. The molecule has 2 rings (SSSR count). The molecule has 0 amide bonds. The van der Waals surface area contributed by atoms with Gasteiger partial charge in [0.1, 0.15) is 5.69 Å². The molecular formula is C8H5F3N4. The Morgan fingerprint density at radius 2 is 2.00 bits per heavy atom. The molecule has 78 valence electrons. The van der Waals surface area contributed by atoms with Crippen molar-refractivity contribution in [2.45, 2.75) is 6.18 Å². The van der Waals surface area contributed by atoms with E-state index in [4.69, 9.17) is 0 Å². The van der Waals surface area contributed by atoms with Crippen molar-refractivity contribution >= 4 is 0 Å². The van der Waals surface area contributed by atoms with Crippen molar-refractivity contribution in [1.82, 2.24) is 19.7 Å². The van der Waals surface area contributed by atoms with E-state index >= 15 is 0 Å². The Hall–Kier alpha value is -1.92. The highest BCUT2D eigenvalue weighted by molar-refractivity contribution is 5.14. The Balaban J connectivity index is 2.44. The summed E-state index contributed by atoms with van der Waals surface area (Å²) in [6.45, 7) is 0. The van der Waals surface area contributed by atoms with E-state index in [1.165, 1.54) is 12.4 Å². The summed E-state index contributed by atoms with van der Waals surface area (Å²) in [7, 11) is 0. The summed E-state index contributed by atoms with van der Waals surface area (Å²) in [5, 5.41) is 3.73. The van der Waals surface area contributed by atoms with Crippen molar-refractivity contribution in [3.05, 3.63) is 36.4 Å². The molecule has 0 radical (unpaired) electrons. The lowest BCUT2D eigenvalue weighted by Gasteiger charge is -2.06. The molecular weight excluding hydrogens is 209 g/mol. The van der Waals surface area contributed by atoms with Gasteiger partial charge in [0.15, 0.2) is 0 Å². The molecule has 0 spiro atoms. The largest absolute Gasteiger partial charge is 0.433 e. The number of rotatable bonds is 1. The zero-order valence-electron chi connectivity index (χ0n) is 7.31. The molecule has 0 atom stereocenters. The van der Waals surface area contributed by atoms with E-state index in [1.54, 1.807) is 6.07 Å². The molecule has 0 fully saturated rings. The van der Waals surface area contributed by atoms with Crippen molar-refractivity contribution < 1.29 is 13.2 Å². The highest BCUT2D eigenvalue weighted by Crippen LogP contribution is 2.27. The van der Waals surface area contributed by atoms with Crippen molar-refractivity contribution in [2.24, 2.45) is 0 Å². The zero-order chi connectivity index (χ0) is 10.9. The predicted octanol–water partition coefficient (Wildman–Crippen LogP) is 1.68. The first-order valence-electron chi connectivity index (χ1n) is 3.97. The van der Waals surface area contributed by atoms with Crippen LogP contribution in [-0.4, -0.2) is 19.7 Å². The van der Waals surface area contributed by atoms with Crippen molar-refractivity contribution in [3.63, 3.8) is 0 Å². The predicted molar refractivity (Wildman–Crippen MR) is 44.2 cm³/mol. The second kappa shape index (κ2) is 3.34. The minimum Gasteiger partial charge on any atom is -0.220 e. The van der Waals surface area contributed by atoms with Crippen LogP contribution in [0.2, 0.25) is 0 Å². The molecule has 0 aliphatic heterocycles. The minimum atomic E-state index is -4.47. The van der Waals surface area contributed by atoms with Gasteiger partial charge in [-0.15, -0.1) is 0 Å².